The minimum absolute atomic E-state index is 0.0257. The molecule has 0 amide bonds. The summed E-state index contributed by atoms with van der Waals surface area (Å²) in [5, 5.41) is 5.52. The van der Waals surface area contributed by atoms with E-state index in [2.05, 4.69) is 25.6 Å². The number of alkyl halides is 1. The van der Waals surface area contributed by atoms with E-state index in [4.69, 9.17) is 16.3 Å². The largest absolute Gasteiger partial charge is 0.378 e. The third-order valence-electron chi connectivity index (χ3n) is 4.46. The van der Waals surface area contributed by atoms with E-state index in [9.17, 15) is 13.2 Å². The van der Waals surface area contributed by atoms with Crippen molar-refractivity contribution >= 4 is 40.3 Å². The van der Waals surface area contributed by atoms with Gasteiger partial charge in [0.2, 0.25) is 11.9 Å². The van der Waals surface area contributed by atoms with E-state index in [-0.39, 0.29) is 29.2 Å². The molecule has 11 heteroatoms. The van der Waals surface area contributed by atoms with Crippen LogP contribution in [-0.4, -0.2) is 44.9 Å². The molecule has 7 nitrogen and oxygen atoms in total. The van der Waals surface area contributed by atoms with Crippen molar-refractivity contribution < 1.29 is 17.9 Å². The number of aromatic nitrogens is 4. The summed E-state index contributed by atoms with van der Waals surface area (Å²) in [5.41, 5.74) is 0.447. The van der Waals surface area contributed by atoms with E-state index >= 15 is 0 Å². The molecule has 0 unspecified atom stereocenters. The molecule has 3 aromatic rings. The molecule has 1 aromatic carbocycles. The van der Waals surface area contributed by atoms with Gasteiger partial charge < -0.3 is 15.4 Å². The van der Waals surface area contributed by atoms with E-state index in [1.165, 1.54) is 10.8 Å². The van der Waals surface area contributed by atoms with Crippen LogP contribution in [0.4, 0.5) is 30.8 Å². The van der Waals surface area contributed by atoms with Crippen LogP contribution in [0.1, 0.15) is 6.42 Å². The second kappa shape index (κ2) is 7.44. The standard InChI is InChI=1S/C17H16ClF3N6O/c1-27-15-13(6-22-16(26-15)23-12-2-3-28-7-11(12)21)24-17(27)25-14-9(19)4-8(18)5-10(14)20/h4-6,11-12H,2-3,7H2,1H3,(H,24,25)(H,22,23,26)/t11-,12-/m1/s1. The molecule has 3 heterocycles. The SMILES string of the molecule is Cn1c(Nc2c(F)cc(Cl)cc2F)nc2cnc(N[C@@H]3CCOC[C@H]3F)nc21. The topological polar surface area (TPSA) is 76.9 Å². The summed E-state index contributed by atoms with van der Waals surface area (Å²) in [7, 11) is 1.63. The van der Waals surface area contributed by atoms with Crippen molar-refractivity contribution in [1.29, 1.82) is 0 Å². The number of imidazole rings is 1. The number of rotatable bonds is 4. The Morgan fingerprint density at radius 1 is 1.25 bits per heavy atom. The van der Waals surface area contributed by atoms with Crippen molar-refractivity contribution in [3.8, 4) is 0 Å². The average Bonchev–Trinajstić information content (AvgIpc) is 2.96. The summed E-state index contributed by atoms with van der Waals surface area (Å²) in [6.07, 6.45) is 0.792. The number of nitrogens with one attached hydrogen (secondary N) is 2. The lowest BCUT2D eigenvalue weighted by Gasteiger charge is -2.26. The molecule has 0 bridgehead atoms. The third-order valence-corrected chi connectivity index (χ3v) is 4.68. The molecule has 2 N–H and O–H groups in total. The summed E-state index contributed by atoms with van der Waals surface area (Å²) in [4.78, 5) is 12.7. The molecule has 4 rings (SSSR count). The molecule has 2 atom stereocenters. The monoisotopic (exact) mass is 412 g/mol. The number of anilines is 3. The van der Waals surface area contributed by atoms with Gasteiger partial charge in [0.15, 0.2) is 17.3 Å². The van der Waals surface area contributed by atoms with Gasteiger partial charge in [-0.05, 0) is 18.6 Å². The highest BCUT2D eigenvalue weighted by atomic mass is 35.5. The number of nitrogens with zero attached hydrogens (tertiary/aromatic N) is 4. The van der Waals surface area contributed by atoms with E-state index in [1.807, 2.05) is 0 Å². The Bertz CT molecular complexity index is 1010. The van der Waals surface area contributed by atoms with Gasteiger partial charge in [-0.1, -0.05) is 11.6 Å². The number of hydrogen-bond donors (Lipinski definition) is 2. The van der Waals surface area contributed by atoms with Crippen LogP contribution in [-0.2, 0) is 11.8 Å². The van der Waals surface area contributed by atoms with Gasteiger partial charge in [0, 0.05) is 18.7 Å². The van der Waals surface area contributed by atoms with Crippen LogP contribution in [0.25, 0.3) is 11.2 Å². The lowest BCUT2D eigenvalue weighted by Crippen LogP contribution is -2.39. The van der Waals surface area contributed by atoms with Crippen LogP contribution in [0.2, 0.25) is 5.02 Å². The van der Waals surface area contributed by atoms with Crippen molar-refractivity contribution in [2.24, 2.45) is 7.05 Å². The fourth-order valence-electron chi connectivity index (χ4n) is 2.97. The van der Waals surface area contributed by atoms with E-state index in [1.54, 1.807) is 7.05 Å². The molecule has 0 spiro atoms. The first kappa shape index (κ1) is 18.8. The van der Waals surface area contributed by atoms with Crippen molar-refractivity contribution in [3.63, 3.8) is 0 Å². The number of benzene rings is 1. The zero-order valence-electron chi connectivity index (χ0n) is 14.7. The van der Waals surface area contributed by atoms with Gasteiger partial charge in [0.25, 0.3) is 0 Å². The summed E-state index contributed by atoms with van der Waals surface area (Å²) in [5.74, 6) is -1.30. The summed E-state index contributed by atoms with van der Waals surface area (Å²) < 4.78 is 48.6. The molecule has 1 aliphatic heterocycles. The van der Waals surface area contributed by atoms with Crippen LogP contribution in [0.15, 0.2) is 18.3 Å². The predicted octanol–water partition coefficient (Wildman–Crippen LogP) is 3.58. The molecule has 2 aromatic heterocycles. The fourth-order valence-corrected chi connectivity index (χ4v) is 3.16. The van der Waals surface area contributed by atoms with Crippen LogP contribution < -0.4 is 10.6 Å². The normalized spacial score (nSPS) is 19.8. The van der Waals surface area contributed by atoms with Gasteiger partial charge in [-0.2, -0.15) is 4.98 Å². The lowest BCUT2D eigenvalue weighted by molar-refractivity contribution is 0.0284. The minimum Gasteiger partial charge on any atom is -0.378 e. The maximum absolute atomic E-state index is 14.0. The van der Waals surface area contributed by atoms with Crippen LogP contribution in [0.5, 0.6) is 0 Å². The second-order valence-corrected chi connectivity index (χ2v) is 6.83. The maximum atomic E-state index is 14.0. The van der Waals surface area contributed by atoms with Gasteiger partial charge in [-0.25, -0.2) is 23.1 Å². The molecular weight excluding hydrogens is 397 g/mol. The number of ether oxygens (including phenoxy) is 1. The molecule has 0 aliphatic carbocycles. The molecule has 0 radical (unpaired) electrons. The Morgan fingerprint density at radius 3 is 2.71 bits per heavy atom. The quantitative estimate of drug-likeness (QED) is 0.682. The van der Waals surface area contributed by atoms with E-state index in [0.717, 1.165) is 12.1 Å². The fraction of sp³-hybridized carbons (Fsp3) is 0.353. The molecule has 1 aliphatic rings. The predicted molar refractivity (Wildman–Crippen MR) is 98.7 cm³/mol. The molecule has 28 heavy (non-hydrogen) atoms. The number of hydrogen-bond acceptors (Lipinski definition) is 6. The maximum Gasteiger partial charge on any atom is 0.225 e. The Labute approximate surface area is 162 Å². The summed E-state index contributed by atoms with van der Waals surface area (Å²) in [6.45, 7) is 0.482. The van der Waals surface area contributed by atoms with Crippen LogP contribution in [0.3, 0.4) is 0 Å². The van der Waals surface area contributed by atoms with Gasteiger partial charge >= 0.3 is 0 Å². The van der Waals surface area contributed by atoms with Crippen molar-refractivity contribution in [2.75, 3.05) is 23.8 Å². The smallest absolute Gasteiger partial charge is 0.225 e. The van der Waals surface area contributed by atoms with Crippen LogP contribution in [0, 0.1) is 11.6 Å². The highest BCUT2D eigenvalue weighted by Crippen LogP contribution is 2.27. The number of aryl methyl sites for hydroxylation is 1. The van der Waals surface area contributed by atoms with Crippen molar-refractivity contribution in [2.45, 2.75) is 18.6 Å². The van der Waals surface area contributed by atoms with Gasteiger partial charge in [-0.15, -0.1) is 0 Å². The summed E-state index contributed by atoms with van der Waals surface area (Å²) >= 11 is 5.64. The highest BCUT2D eigenvalue weighted by Gasteiger charge is 2.26. The average molecular weight is 413 g/mol. The first-order chi connectivity index (χ1) is 13.4. The zero-order valence-corrected chi connectivity index (χ0v) is 15.5. The Kier molecular flexibility index (Phi) is 4.98. The van der Waals surface area contributed by atoms with Crippen molar-refractivity contribution in [3.05, 3.63) is 35.0 Å². The molecular formula is C17H16ClF3N6O. The Morgan fingerprint density at radius 2 is 2.00 bits per heavy atom. The molecule has 1 saturated heterocycles. The Hall–Kier alpha value is -2.59. The minimum atomic E-state index is -1.16. The molecule has 148 valence electrons. The van der Waals surface area contributed by atoms with Crippen LogP contribution >= 0.6 is 11.6 Å². The number of fused-ring (bicyclic) bond motifs is 1. The highest BCUT2D eigenvalue weighted by molar-refractivity contribution is 6.30. The summed E-state index contributed by atoms with van der Waals surface area (Å²) in [6, 6.07) is 1.55. The van der Waals surface area contributed by atoms with E-state index in [0.29, 0.717) is 24.2 Å². The van der Waals surface area contributed by atoms with Crippen molar-refractivity contribution in [1.82, 2.24) is 19.5 Å². The first-order valence-electron chi connectivity index (χ1n) is 8.52. The molecule has 1 fully saturated rings. The third kappa shape index (κ3) is 3.57. The number of halogens is 4. The zero-order chi connectivity index (χ0) is 19.8. The molecule has 0 saturated carbocycles. The van der Waals surface area contributed by atoms with Gasteiger partial charge in [0.1, 0.15) is 17.4 Å². The lowest BCUT2D eigenvalue weighted by atomic mass is 10.1. The van der Waals surface area contributed by atoms with E-state index < -0.39 is 23.8 Å². The van der Waals surface area contributed by atoms with Gasteiger partial charge in [0.05, 0.1) is 18.8 Å². The second-order valence-electron chi connectivity index (χ2n) is 6.40. The van der Waals surface area contributed by atoms with Gasteiger partial charge in [-0.3, -0.25) is 4.57 Å². The first-order valence-corrected chi connectivity index (χ1v) is 8.89. The Balaban J connectivity index is 1.62.